The third kappa shape index (κ3) is 3.68. The third-order valence-electron chi connectivity index (χ3n) is 3.70. The first kappa shape index (κ1) is 16.5. The Hall–Kier alpha value is -0.830. The van der Waals surface area contributed by atoms with Crippen LogP contribution >= 0.6 is 22.9 Å². The molecule has 1 fully saturated rings. The molecule has 0 radical (unpaired) electrons. The van der Waals surface area contributed by atoms with E-state index in [1.54, 1.807) is 0 Å². The van der Waals surface area contributed by atoms with Crippen LogP contribution in [0.4, 0.5) is 0 Å². The van der Waals surface area contributed by atoms with Crippen molar-refractivity contribution in [3.8, 4) is 0 Å². The molecule has 0 aromatic carbocycles. The van der Waals surface area contributed by atoms with E-state index in [0.717, 1.165) is 37.0 Å². The highest BCUT2D eigenvalue weighted by Crippen LogP contribution is 2.31. The molecule has 1 saturated carbocycles. The van der Waals surface area contributed by atoms with Gasteiger partial charge in [0.05, 0.1) is 9.88 Å². The fraction of sp³-hybridized carbons (Fsp3) is 0.583. The predicted octanol–water partition coefficient (Wildman–Crippen LogP) is 2.52. The molecule has 2 rings (SSSR count). The Kier molecular flexibility index (Phi) is 5.13. The summed E-state index contributed by atoms with van der Waals surface area (Å²) in [5, 5.41) is 12.1. The molecule has 0 bridgehead atoms. The molecule has 118 valence electrons. The van der Waals surface area contributed by atoms with Crippen molar-refractivity contribution >= 4 is 38.8 Å². The average molecular weight is 352 g/mol. The number of nitrogens with two attached hydrogens (primary N) is 1. The van der Waals surface area contributed by atoms with Crippen LogP contribution in [0.5, 0.6) is 0 Å². The minimum absolute atomic E-state index is 0.0874. The monoisotopic (exact) mass is 351 g/mol. The van der Waals surface area contributed by atoms with Gasteiger partial charge in [0.2, 0.25) is 0 Å². The second-order valence-corrected chi connectivity index (χ2v) is 8.77. The fourth-order valence-corrected chi connectivity index (χ4v) is 5.51. The largest absolute Gasteiger partial charge is 0.409 e. The number of amidine groups is 1. The Bertz CT molecular complexity index is 619. The molecule has 1 aliphatic rings. The highest BCUT2D eigenvalue weighted by molar-refractivity contribution is 7.91. The molecule has 0 aliphatic heterocycles. The molecule has 0 saturated heterocycles. The summed E-state index contributed by atoms with van der Waals surface area (Å²) in [6.45, 7) is 0. The normalized spacial score (nSPS) is 20.1. The van der Waals surface area contributed by atoms with Gasteiger partial charge in [0.1, 0.15) is 4.21 Å². The van der Waals surface area contributed by atoms with Gasteiger partial charge < -0.3 is 10.9 Å². The van der Waals surface area contributed by atoms with Gasteiger partial charge in [-0.25, -0.2) is 8.42 Å². The van der Waals surface area contributed by atoms with Crippen LogP contribution in [0.25, 0.3) is 0 Å². The third-order valence-corrected chi connectivity index (χ3v) is 6.96. The van der Waals surface area contributed by atoms with Crippen LogP contribution in [-0.4, -0.2) is 25.0 Å². The molecule has 1 aromatic heterocycles. The Morgan fingerprint density at radius 1 is 1.33 bits per heavy atom. The van der Waals surface area contributed by atoms with Crippen molar-refractivity contribution in [3.63, 3.8) is 0 Å². The van der Waals surface area contributed by atoms with Gasteiger partial charge in [-0.1, -0.05) is 42.4 Å². The average Bonchev–Trinajstić information content (AvgIpc) is 2.75. The van der Waals surface area contributed by atoms with E-state index in [-0.39, 0.29) is 10.0 Å². The maximum Gasteiger partial charge on any atom is 0.251 e. The maximum absolute atomic E-state index is 12.5. The Balaban J connectivity index is 2.34. The van der Waals surface area contributed by atoms with Crippen LogP contribution in [-0.2, 0) is 10.0 Å². The van der Waals surface area contributed by atoms with Crippen molar-refractivity contribution in [1.29, 1.82) is 0 Å². The van der Waals surface area contributed by atoms with Gasteiger partial charge in [-0.2, -0.15) is 4.72 Å². The van der Waals surface area contributed by atoms with E-state index in [2.05, 4.69) is 9.88 Å². The Morgan fingerprint density at radius 2 is 1.95 bits per heavy atom. The number of nitrogens with one attached hydrogen (secondary N) is 1. The van der Waals surface area contributed by atoms with Gasteiger partial charge in [0.15, 0.2) is 5.84 Å². The van der Waals surface area contributed by atoms with Gasteiger partial charge in [-0.05, 0) is 25.0 Å². The lowest BCUT2D eigenvalue weighted by molar-refractivity contribution is 0.306. The summed E-state index contributed by atoms with van der Waals surface area (Å²) in [5.41, 5.74) is 4.77. The molecule has 21 heavy (non-hydrogen) atoms. The topological polar surface area (TPSA) is 105 Å². The minimum atomic E-state index is -3.76. The molecule has 0 unspecified atom stereocenters. The highest BCUT2D eigenvalue weighted by atomic mass is 35.5. The standard InChI is InChI=1S/C12H18ClN3O3S2/c13-9-5-6-10(20-9)21(18,19)16-12(11(14)15-17)7-3-1-2-4-8-12/h5-6,16-17H,1-4,7-8H2,(H2,14,15). The van der Waals surface area contributed by atoms with E-state index in [0.29, 0.717) is 17.2 Å². The van der Waals surface area contributed by atoms with Crippen molar-refractivity contribution in [2.24, 2.45) is 10.9 Å². The number of hydrogen-bond donors (Lipinski definition) is 3. The summed E-state index contributed by atoms with van der Waals surface area (Å²) >= 11 is 6.78. The van der Waals surface area contributed by atoms with Gasteiger partial charge >= 0.3 is 0 Å². The molecule has 0 spiro atoms. The zero-order chi connectivity index (χ0) is 15.5. The maximum atomic E-state index is 12.5. The number of oxime groups is 1. The van der Waals surface area contributed by atoms with Crippen LogP contribution in [0.3, 0.4) is 0 Å². The van der Waals surface area contributed by atoms with Crippen LogP contribution in [0.1, 0.15) is 38.5 Å². The molecule has 6 nitrogen and oxygen atoms in total. The quantitative estimate of drug-likeness (QED) is 0.255. The number of nitrogens with zero attached hydrogens (tertiary/aromatic N) is 1. The SMILES string of the molecule is N/C(=N/O)C1(NS(=O)(=O)c2ccc(Cl)s2)CCCCCC1. The van der Waals surface area contributed by atoms with E-state index >= 15 is 0 Å². The molecule has 0 atom stereocenters. The van der Waals surface area contributed by atoms with Crippen molar-refractivity contribution in [2.75, 3.05) is 0 Å². The lowest BCUT2D eigenvalue weighted by Crippen LogP contribution is -2.57. The smallest absolute Gasteiger partial charge is 0.251 e. The first-order valence-electron chi connectivity index (χ1n) is 6.67. The molecule has 9 heteroatoms. The van der Waals surface area contributed by atoms with Crippen molar-refractivity contribution in [1.82, 2.24) is 4.72 Å². The highest BCUT2D eigenvalue weighted by Gasteiger charge is 2.40. The minimum Gasteiger partial charge on any atom is -0.409 e. The summed E-state index contributed by atoms with van der Waals surface area (Å²) in [6.07, 6.45) is 4.69. The van der Waals surface area contributed by atoms with E-state index in [4.69, 9.17) is 22.5 Å². The van der Waals surface area contributed by atoms with Crippen LogP contribution in [0.2, 0.25) is 4.34 Å². The number of hydrogen-bond acceptors (Lipinski definition) is 5. The Morgan fingerprint density at radius 3 is 2.43 bits per heavy atom. The van der Waals surface area contributed by atoms with E-state index < -0.39 is 15.6 Å². The summed E-state index contributed by atoms with van der Waals surface area (Å²) in [7, 11) is -3.76. The van der Waals surface area contributed by atoms with Gasteiger partial charge in [0.25, 0.3) is 10.0 Å². The van der Waals surface area contributed by atoms with Crippen molar-refractivity contribution in [3.05, 3.63) is 16.5 Å². The van der Waals surface area contributed by atoms with E-state index in [1.165, 1.54) is 12.1 Å². The van der Waals surface area contributed by atoms with Gasteiger partial charge in [-0.3, -0.25) is 0 Å². The molecule has 0 amide bonds. The summed E-state index contributed by atoms with van der Waals surface area (Å²) in [6, 6.07) is 2.98. The first-order valence-corrected chi connectivity index (χ1v) is 9.35. The first-order chi connectivity index (χ1) is 9.89. The van der Waals surface area contributed by atoms with E-state index in [1.807, 2.05) is 0 Å². The molecular formula is C12H18ClN3O3S2. The number of thiophene rings is 1. The molecular weight excluding hydrogens is 334 g/mol. The Labute approximate surface area is 133 Å². The second kappa shape index (κ2) is 6.51. The fourth-order valence-electron chi connectivity index (χ4n) is 2.59. The van der Waals surface area contributed by atoms with Crippen LogP contribution in [0.15, 0.2) is 21.5 Å². The second-order valence-electron chi connectivity index (χ2n) is 5.15. The summed E-state index contributed by atoms with van der Waals surface area (Å²) in [4.78, 5) is 0. The molecule has 1 heterocycles. The molecule has 4 N–H and O–H groups in total. The van der Waals surface area contributed by atoms with Crippen molar-refractivity contribution in [2.45, 2.75) is 48.3 Å². The summed E-state index contributed by atoms with van der Waals surface area (Å²) < 4.78 is 28.2. The zero-order valence-corrected chi connectivity index (χ0v) is 13.8. The lowest BCUT2D eigenvalue weighted by atomic mass is 9.90. The lowest BCUT2D eigenvalue weighted by Gasteiger charge is -2.31. The van der Waals surface area contributed by atoms with E-state index in [9.17, 15) is 8.42 Å². The predicted molar refractivity (Wildman–Crippen MR) is 83.5 cm³/mol. The van der Waals surface area contributed by atoms with Crippen LogP contribution in [0, 0.1) is 0 Å². The number of sulfonamides is 1. The summed E-state index contributed by atoms with van der Waals surface area (Å²) in [5.74, 6) is -0.0874. The molecule has 1 aliphatic carbocycles. The number of rotatable bonds is 4. The molecule has 1 aromatic rings. The zero-order valence-electron chi connectivity index (χ0n) is 11.4. The van der Waals surface area contributed by atoms with Crippen LogP contribution < -0.4 is 10.5 Å². The number of halogens is 1. The van der Waals surface area contributed by atoms with Gasteiger partial charge in [-0.15, -0.1) is 11.3 Å². The van der Waals surface area contributed by atoms with Crippen molar-refractivity contribution < 1.29 is 13.6 Å². The van der Waals surface area contributed by atoms with Gasteiger partial charge in [0, 0.05) is 0 Å².